The van der Waals surface area contributed by atoms with E-state index in [1.54, 1.807) is 0 Å². The highest BCUT2D eigenvalue weighted by Crippen LogP contribution is 2.31. The lowest BCUT2D eigenvalue weighted by Gasteiger charge is -2.21. The number of nitriles is 1. The van der Waals surface area contributed by atoms with Crippen LogP contribution in [0.3, 0.4) is 0 Å². The Labute approximate surface area is 120 Å². The van der Waals surface area contributed by atoms with E-state index in [9.17, 15) is 9.50 Å². The van der Waals surface area contributed by atoms with Crippen molar-refractivity contribution in [1.29, 1.82) is 5.26 Å². The Balaban J connectivity index is 1.76. The van der Waals surface area contributed by atoms with Crippen molar-refractivity contribution >= 4 is 0 Å². The van der Waals surface area contributed by atoms with Gasteiger partial charge in [0.15, 0.2) is 0 Å². The number of aliphatic hydroxyl groups is 1. The van der Waals surface area contributed by atoms with Crippen LogP contribution in [0.15, 0.2) is 24.4 Å². The van der Waals surface area contributed by atoms with Gasteiger partial charge < -0.3 is 5.11 Å². The molecule has 1 atom stereocenters. The van der Waals surface area contributed by atoms with Gasteiger partial charge in [0.25, 0.3) is 0 Å². The maximum atomic E-state index is 13.3. The summed E-state index contributed by atoms with van der Waals surface area (Å²) in [5.41, 5.74) is 0.535. The first kappa shape index (κ1) is 13.7. The van der Waals surface area contributed by atoms with Gasteiger partial charge in [-0.2, -0.15) is 20.7 Å². The molecule has 1 aliphatic rings. The van der Waals surface area contributed by atoms with Gasteiger partial charge in [0, 0.05) is 19.6 Å². The summed E-state index contributed by atoms with van der Waals surface area (Å²) in [5, 5.41) is 29.8. The molecule has 0 bridgehead atoms. The van der Waals surface area contributed by atoms with Gasteiger partial charge in [-0.25, -0.2) is 4.39 Å². The fraction of sp³-hybridized carbons (Fsp3) is 0.357. The number of H-pyrrole nitrogens is 1. The minimum absolute atomic E-state index is 0.366. The Hall–Kier alpha value is -2.30. The highest BCUT2D eigenvalue weighted by atomic mass is 19.1. The summed E-state index contributed by atoms with van der Waals surface area (Å²) in [5.74, 6) is -0.366. The van der Waals surface area contributed by atoms with E-state index in [0.29, 0.717) is 42.9 Å². The first-order valence-corrected chi connectivity index (χ1v) is 6.60. The molecule has 1 saturated heterocycles. The molecule has 0 amide bonds. The fourth-order valence-electron chi connectivity index (χ4n) is 2.68. The van der Waals surface area contributed by atoms with Crippen molar-refractivity contribution in [3.8, 4) is 6.07 Å². The summed E-state index contributed by atoms with van der Waals surface area (Å²) in [7, 11) is 0. The normalized spacial score (nSPS) is 22.3. The third kappa shape index (κ3) is 2.63. The van der Waals surface area contributed by atoms with Crippen molar-refractivity contribution in [2.75, 3.05) is 13.1 Å². The highest BCUT2D eigenvalue weighted by Gasteiger charge is 2.39. The minimum atomic E-state index is -1.05. The predicted octanol–water partition coefficient (Wildman–Crippen LogP) is 0.909. The predicted molar refractivity (Wildman–Crippen MR) is 71.3 cm³/mol. The first-order valence-electron chi connectivity index (χ1n) is 6.60. The van der Waals surface area contributed by atoms with E-state index in [1.807, 2.05) is 4.90 Å². The number of benzene rings is 1. The summed E-state index contributed by atoms with van der Waals surface area (Å²) >= 11 is 0. The molecule has 108 valence electrons. The maximum Gasteiger partial charge on any atom is 0.124 e. The largest absolute Gasteiger partial charge is 0.382 e. The van der Waals surface area contributed by atoms with Gasteiger partial charge in [-0.1, -0.05) is 0 Å². The third-order valence-electron chi connectivity index (χ3n) is 3.80. The van der Waals surface area contributed by atoms with Gasteiger partial charge in [0.05, 0.1) is 17.8 Å². The first-order chi connectivity index (χ1) is 10.1. The van der Waals surface area contributed by atoms with Crippen molar-refractivity contribution in [2.45, 2.75) is 18.6 Å². The quantitative estimate of drug-likeness (QED) is 0.876. The minimum Gasteiger partial charge on any atom is -0.382 e. The summed E-state index contributed by atoms with van der Waals surface area (Å²) in [6.07, 6.45) is 2.03. The number of hydrogen-bond donors (Lipinski definition) is 2. The lowest BCUT2D eigenvalue weighted by molar-refractivity contribution is 0.0408. The molecule has 0 aliphatic carbocycles. The topological polar surface area (TPSA) is 88.8 Å². The summed E-state index contributed by atoms with van der Waals surface area (Å²) in [6.45, 7) is 1.44. The molecule has 1 aromatic carbocycles. The molecule has 7 heteroatoms. The smallest absolute Gasteiger partial charge is 0.124 e. The highest BCUT2D eigenvalue weighted by molar-refractivity contribution is 5.37. The van der Waals surface area contributed by atoms with Gasteiger partial charge in [-0.05, 0) is 30.2 Å². The van der Waals surface area contributed by atoms with Gasteiger partial charge >= 0.3 is 0 Å². The van der Waals surface area contributed by atoms with Crippen LogP contribution < -0.4 is 0 Å². The zero-order valence-corrected chi connectivity index (χ0v) is 11.3. The molecule has 0 saturated carbocycles. The molecule has 21 heavy (non-hydrogen) atoms. The van der Waals surface area contributed by atoms with Gasteiger partial charge in [0.2, 0.25) is 0 Å². The average Bonchev–Trinajstić information content (AvgIpc) is 3.10. The number of aromatic nitrogens is 3. The second kappa shape index (κ2) is 5.24. The van der Waals surface area contributed by atoms with E-state index in [-0.39, 0.29) is 5.82 Å². The molecular weight excluding hydrogens is 273 g/mol. The molecule has 1 unspecified atom stereocenters. The van der Waals surface area contributed by atoms with Crippen LogP contribution in [0, 0.1) is 17.1 Å². The second-order valence-corrected chi connectivity index (χ2v) is 5.26. The molecule has 3 rings (SSSR count). The monoisotopic (exact) mass is 287 g/mol. The van der Waals surface area contributed by atoms with Gasteiger partial charge in [-0.15, -0.1) is 0 Å². The number of aromatic amines is 1. The number of halogens is 1. The van der Waals surface area contributed by atoms with Crippen molar-refractivity contribution in [3.05, 3.63) is 47.0 Å². The zero-order chi connectivity index (χ0) is 14.9. The number of rotatable bonds is 3. The van der Waals surface area contributed by atoms with Crippen LogP contribution in [0.25, 0.3) is 0 Å². The van der Waals surface area contributed by atoms with E-state index >= 15 is 0 Å². The van der Waals surface area contributed by atoms with E-state index < -0.39 is 5.60 Å². The van der Waals surface area contributed by atoms with E-state index in [2.05, 4.69) is 21.5 Å². The van der Waals surface area contributed by atoms with Crippen LogP contribution in [-0.2, 0) is 12.1 Å². The number of nitrogens with zero attached hydrogens (tertiary/aromatic N) is 4. The molecule has 2 aromatic rings. The van der Waals surface area contributed by atoms with Crippen LogP contribution in [0.4, 0.5) is 4.39 Å². The molecule has 0 radical (unpaired) electrons. The fourth-order valence-corrected chi connectivity index (χ4v) is 2.68. The molecular formula is C14H14FN5O. The summed E-state index contributed by atoms with van der Waals surface area (Å²) in [4.78, 5) is 1.98. The SMILES string of the molecule is N#Cc1ccc(F)cc1CN1CCC(O)(c2cn[nH]n2)C1. The lowest BCUT2D eigenvalue weighted by atomic mass is 10.00. The van der Waals surface area contributed by atoms with E-state index in [1.165, 1.54) is 24.4 Å². The van der Waals surface area contributed by atoms with Gasteiger partial charge in [-0.3, -0.25) is 4.90 Å². The van der Waals surface area contributed by atoms with E-state index in [0.717, 1.165) is 0 Å². The van der Waals surface area contributed by atoms with Crippen LogP contribution in [0.1, 0.15) is 23.2 Å². The Morgan fingerprint density at radius 1 is 1.52 bits per heavy atom. The number of likely N-dealkylation sites (tertiary alicyclic amines) is 1. The van der Waals surface area contributed by atoms with Gasteiger partial charge in [0.1, 0.15) is 17.1 Å². The molecule has 6 nitrogen and oxygen atoms in total. The van der Waals surface area contributed by atoms with Crippen LogP contribution in [0.2, 0.25) is 0 Å². The third-order valence-corrected chi connectivity index (χ3v) is 3.80. The average molecular weight is 287 g/mol. The Morgan fingerprint density at radius 3 is 3.10 bits per heavy atom. The van der Waals surface area contributed by atoms with Crippen molar-refractivity contribution in [3.63, 3.8) is 0 Å². The van der Waals surface area contributed by atoms with Crippen LogP contribution >= 0.6 is 0 Å². The summed E-state index contributed by atoms with van der Waals surface area (Å²) in [6, 6.07) is 6.18. The Kier molecular flexibility index (Phi) is 3.41. The maximum absolute atomic E-state index is 13.3. The molecule has 2 N–H and O–H groups in total. The number of nitrogens with one attached hydrogen (secondary N) is 1. The number of hydrogen-bond acceptors (Lipinski definition) is 5. The van der Waals surface area contributed by atoms with Crippen LogP contribution in [-0.4, -0.2) is 38.5 Å². The molecule has 1 fully saturated rings. The standard InChI is InChI=1S/C14H14FN5O/c15-12-2-1-10(6-16)11(5-12)8-20-4-3-14(21,9-20)13-7-17-19-18-13/h1-2,5,7,21H,3-4,8-9H2,(H,17,18,19). The zero-order valence-electron chi connectivity index (χ0n) is 11.3. The summed E-state index contributed by atoms with van der Waals surface area (Å²) < 4.78 is 13.3. The Morgan fingerprint density at radius 2 is 2.38 bits per heavy atom. The molecule has 2 heterocycles. The lowest BCUT2D eigenvalue weighted by Crippen LogP contribution is -2.31. The molecule has 1 aromatic heterocycles. The Bertz CT molecular complexity index is 681. The van der Waals surface area contributed by atoms with E-state index in [4.69, 9.17) is 5.26 Å². The van der Waals surface area contributed by atoms with Crippen molar-refractivity contribution < 1.29 is 9.50 Å². The molecule has 1 aliphatic heterocycles. The second-order valence-electron chi connectivity index (χ2n) is 5.26. The van der Waals surface area contributed by atoms with Crippen molar-refractivity contribution in [2.24, 2.45) is 0 Å². The van der Waals surface area contributed by atoms with Crippen LogP contribution in [0.5, 0.6) is 0 Å². The number of β-amino-alcohol motifs (C(OH)–C–C–N with tert-alkyl or cyclic N) is 1. The molecule has 0 spiro atoms. The van der Waals surface area contributed by atoms with Crippen molar-refractivity contribution in [1.82, 2.24) is 20.3 Å².